The first-order chi connectivity index (χ1) is 18.3. The average molecular weight is 575 g/mol. The second-order valence-electron chi connectivity index (χ2n) is 10.2. The predicted molar refractivity (Wildman–Crippen MR) is 119 cm³/mol. The van der Waals surface area contributed by atoms with E-state index < -0.39 is 124 Å². The third-order valence-electron chi connectivity index (χ3n) is 7.34. The highest BCUT2D eigenvalue weighted by atomic mass is 16.8. The van der Waals surface area contributed by atoms with Gasteiger partial charge >= 0.3 is 0 Å². The number of ether oxygens (including phenoxy) is 7. The molecule has 0 amide bonds. The van der Waals surface area contributed by atoms with Crippen molar-refractivity contribution in [3.05, 3.63) is 0 Å². The normalized spacial score (nSPS) is 55.4. The second-order valence-corrected chi connectivity index (χ2v) is 10.2. The zero-order valence-corrected chi connectivity index (χ0v) is 21.1. The summed E-state index contributed by atoms with van der Waals surface area (Å²) in [5.74, 6) is 0. The van der Waals surface area contributed by atoms with Gasteiger partial charge in [0.15, 0.2) is 25.2 Å². The van der Waals surface area contributed by atoms with E-state index in [1.807, 2.05) is 0 Å². The fraction of sp³-hybridized carbons (Fsp3) is 1.00. The Morgan fingerprint density at radius 3 is 1.64 bits per heavy atom. The fourth-order valence-electron chi connectivity index (χ4n) is 4.84. The van der Waals surface area contributed by atoms with E-state index in [9.17, 15) is 51.1 Å². The molecule has 4 aliphatic heterocycles. The smallest absolute Gasteiger partial charge is 0.187 e. The molecule has 0 spiro atoms. The van der Waals surface area contributed by atoms with Crippen molar-refractivity contribution in [2.45, 2.75) is 124 Å². The van der Waals surface area contributed by atoms with E-state index in [2.05, 4.69) is 0 Å². The number of rotatable bonds is 6. The first kappa shape index (κ1) is 31.3. The molecule has 0 aromatic carbocycles. The summed E-state index contributed by atoms with van der Waals surface area (Å²) < 4.78 is 38.2. The summed E-state index contributed by atoms with van der Waals surface area (Å²) in [4.78, 5) is 0. The van der Waals surface area contributed by atoms with Gasteiger partial charge in [0.05, 0.1) is 25.4 Å². The zero-order valence-electron chi connectivity index (χ0n) is 21.1. The molecule has 228 valence electrons. The molecule has 39 heavy (non-hydrogen) atoms. The molecule has 10 N–H and O–H groups in total. The van der Waals surface area contributed by atoms with Gasteiger partial charge in [-0.3, -0.25) is 0 Å². The van der Waals surface area contributed by atoms with Crippen LogP contribution in [0.5, 0.6) is 0 Å². The van der Waals surface area contributed by atoms with E-state index in [0.29, 0.717) is 0 Å². The topological polar surface area (TPSA) is 267 Å². The van der Waals surface area contributed by atoms with Crippen LogP contribution in [0.3, 0.4) is 0 Å². The molecule has 0 radical (unpaired) electrons. The van der Waals surface area contributed by atoms with E-state index >= 15 is 0 Å². The van der Waals surface area contributed by atoms with Gasteiger partial charge in [0.2, 0.25) is 0 Å². The summed E-state index contributed by atoms with van der Waals surface area (Å²) in [5, 5.41) is 103. The van der Waals surface area contributed by atoms with Crippen molar-refractivity contribution in [2.24, 2.45) is 0 Å². The standard InChI is InChI=1S/C22H38O17/c1-5-9(25)12(28)14(30)21(35-5)37-16-8(24)4-33-19(32)18(16)39-22-15(31)17(10(26)6(2)36-22)38-20-13(29)11(27)7(23)3-34-20/h5-32H,3-4H2,1-2H3/t5-,6-,7+,8+,9-,10-,11-,12+,13+,14+,15+,16-,17+,18+,19+,20-,21-,22-/m0/s1. The van der Waals surface area contributed by atoms with Crippen LogP contribution >= 0.6 is 0 Å². The Labute approximate surface area is 222 Å². The molecule has 0 aliphatic carbocycles. The first-order valence-electron chi connectivity index (χ1n) is 12.6. The molecule has 4 fully saturated rings. The van der Waals surface area contributed by atoms with Gasteiger partial charge in [-0.2, -0.15) is 0 Å². The summed E-state index contributed by atoms with van der Waals surface area (Å²) in [6, 6.07) is 0. The minimum atomic E-state index is -1.79. The summed E-state index contributed by atoms with van der Waals surface area (Å²) in [6.07, 6.45) is -27.3. The van der Waals surface area contributed by atoms with E-state index in [0.717, 1.165) is 0 Å². The van der Waals surface area contributed by atoms with Gasteiger partial charge in [0.25, 0.3) is 0 Å². The highest BCUT2D eigenvalue weighted by molar-refractivity contribution is 4.94. The third-order valence-corrected chi connectivity index (χ3v) is 7.34. The van der Waals surface area contributed by atoms with Crippen LogP contribution in [0.2, 0.25) is 0 Å². The Morgan fingerprint density at radius 2 is 0.974 bits per heavy atom. The average Bonchev–Trinajstić information content (AvgIpc) is 2.90. The van der Waals surface area contributed by atoms with Crippen LogP contribution in [0.1, 0.15) is 13.8 Å². The van der Waals surface area contributed by atoms with Crippen LogP contribution in [-0.4, -0.2) is 175 Å². The SMILES string of the molecule is C[C@@H]1O[C@@H](O[C@@H]2[C@@H](O[C@@H]3O[C@@H](C)[C@H](O)[C@@H](O[C@@H]4OC[C@@H](O)[C@H](O)[C@H]4O)[C@H]3O)[C@H](O)OC[C@H]2O)[C@H](O)[C@H](O)[C@H]1O. The lowest BCUT2D eigenvalue weighted by Gasteiger charge is -2.47. The second kappa shape index (κ2) is 12.7. The Morgan fingerprint density at radius 1 is 0.462 bits per heavy atom. The van der Waals surface area contributed by atoms with Crippen molar-refractivity contribution in [1.29, 1.82) is 0 Å². The van der Waals surface area contributed by atoms with Crippen LogP contribution in [0, 0.1) is 0 Å². The van der Waals surface area contributed by atoms with Crippen LogP contribution in [0.15, 0.2) is 0 Å². The van der Waals surface area contributed by atoms with Gasteiger partial charge in [-0.1, -0.05) is 0 Å². The van der Waals surface area contributed by atoms with Crippen LogP contribution in [0.4, 0.5) is 0 Å². The molecule has 0 bridgehead atoms. The quantitative estimate of drug-likeness (QED) is 0.141. The van der Waals surface area contributed by atoms with Crippen molar-refractivity contribution < 1.29 is 84.2 Å². The van der Waals surface area contributed by atoms with Crippen molar-refractivity contribution in [1.82, 2.24) is 0 Å². The van der Waals surface area contributed by atoms with E-state index in [1.165, 1.54) is 13.8 Å². The van der Waals surface area contributed by atoms with Crippen molar-refractivity contribution in [3.8, 4) is 0 Å². The highest BCUT2D eigenvalue weighted by Crippen LogP contribution is 2.32. The molecule has 17 heteroatoms. The maximum atomic E-state index is 10.9. The lowest BCUT2D eigenvalue weighted by molar-refractivity contribution is -0.384. The molecule has 0 unspecified atom stereocenters. The van der Waals surface area contributed by atoms with Crippen LogP contribution in [0.25, 0.3) is 0 Å². The lowest BCUT2D eigenvalue weighted by Crippen LogP contribution is -2.65. The number of hydrogen-bond acceptors (Lipinski definition) is 17. The minimum Gasteiger partial charge on any atom is -0.388 e. The monoisotopic (exact) mass is 574 g/mol. The summed E-state index contributed by atoms with van der Waals surface area (Å²) >= 11 is 0. The molecule has 18 atom stereocenters. The zero-order chi connectivity index (χ0) is 28.8. The highest BCUT2D eigenvalue weighted by Gasteiger charge is 2.52. The van der Waals surface area contributed by atoms with Crippen molar-refractivity contribution in [3.63, 3.8) is 0 Å². The third kappa shape index (κ3) is 6.40. The fourth-order valence-corrected chi connectivity index (χ4v) is 4.84. The molecular formula is C22H38O17. The maximum Gasteiger partial charge on any atom is 0.187 e. The van der Waals surface area contributed by atoms with Gasteiger partial charge in [0.1, 0.15) is 73.2 Å². The van der Waals surface area contributed by atoms with E-state index in [4.69, 9.17) is 33.2 Å². The van der Waals surface area contributed by atoms with Gasteiger partial charge in [-0.25, -0.2) is 0 Å². The lowest BCUT2D eigenvalue weighted by atomic mass is 9.98. The Bertz CT molecular complexity index is 792. The predicted octanol–water partition coefficient (Wildman–Crippen LogP) is -6.42. The first-order valence-corrected chi connectivity index (χ1v) is 12.6. The maximum absolute atomic E-state index is 10.9. The van der Waals surface area contributed by atoms with Crippen molar-refractivity contribution >= 4 is 0 Å². The molecule has 4 heterocycles. The van der Waals surface area contributed by atoms with Gasteiger partial charge in [0, 0.05) is 0 Å². The molecule has 4 rings (SSSR count). The van der Waals surface area contributed by atoms with Gasteiger partial charge < -0.3 is 84.2 Å². The minimum absolute atomic E-state index is 0.393. The largest absolute Gasteiger partial charge is 0.388 e. The molecular weight excluding hydrogens is 536 g/mol. The molecule has 0 saturated carbocycles. The van der Waals surface area contributed by atoms with E-state index in [1.54, 1.807) is 0 Å². The number of hydrogen-bond donors (Lipinski definition) is 10. The van der Waals surface area contributed by atoms with Crippen LogP contribution < -0.4 is 0 Å². The number of aliphatic hydroxyl groups excluding tert-OH is 10. The molecule has 17 nitrogen and oxygen atoms in total. The van der Waals surface area contributed by atoms with Crippen molar-refractivity contribution in [2.75, 3.05) is 13.2 Å². The molecule has 4 aliphatic rings. The Kier molecular flexibility index (Phi) is 10.2. The number of aliphatic hydroxyl groups is 10. The van der Waals surface area contributed by atoms with Gasteiger partial charge in [-0.15, -0.1) is 0 Å². The molecule has 4 saturated heterocycles. The van der Waals surface area contributed by atoms with E-state index in [-0.39, 0.29) is 0 Å². The Balaban J connectivity index is 1.48. The Hall–Kier alpha value is -0.680. The summed E-state index contributed by atoms with van der Waals surface area (Å²) in [6.45, 7) is 2.02. The van der Waals surface area contributed by atoms with Gasteiger partial charge in [-0.05, 0) is 13.8 Å². The molecule has 0 aromatic rings. The molecule has 0 aromatic heterocycles. The van der Waals surface area contributed by atoms with Crippen LogP contribution in [-0.2, 0) is 33.2 Å². The summed E-state index contributed by atoms with van der Waals surface area (Å²) in [5.41, 5.74) is 0. The summed E-state index contributed by atoms with van der Waals surface area (Å²) in [7, 11) is 0.